The smallest absolute Gasteiger partial charge is 0.440 e. The Balaban J connectivity index is 1.32. The first kappa shape index (κ1) is 17.9. The molecule has 2 heterocycles. The van der Waals surface area contributed by atoms with E-state index in [1.165, 1.54) is 12.1 Å². The molecule has 0 amide bonds. The number of rotatable bonds is 4. The van der Waals surface area contributed by atoms with Crippen LogP contribution in [-0.4, -0.2) is 29.3 Å². The van der Waals surface area contributed by atoms with E-state index < -0.39 is 6.36 Å². The predicted molar refractivity (Wildman–Crippen MR) is 94.4 cm³/mol. The number of hydrogen-bond donors (Lipinski definition) is 0. The van der Waals surface area contributed by atoms with Crippen LogP contribution >= 0.6 is 0 Å². The summed E-state index contributed by atoms with van der Waals surface area (Å²) in [5.41, 5.74) is 2.66. The maximum atomic E-state index is 12.2. The average Bonchev–Trinajstić information content (AvgIpc) is 3.07. The lowest BCUT2D eigenvalue weighted by Gasteiger charge is -2.30. The number of ether oxygens (including phenoxy) is 1. The summed E-state index contributed by atoms with van der Waals surface area (Å²) in [4.78, 5) is 6.88. The predicted octanol–water partition coefficient (Wildman–Crippen LogP) is 5.11. The molecule has 1 saturated heterocycles. The summed E-state index contributed by atoms with van der Waals surface area (Å²) in [6.45, 7) is 2.49. The van der Waals surface area contributed by atoms with Crippen molar-refractivity contribution in [3.8, 4) is 5.75 Å². The summed E-state index contributed by atoms with van der Waals surface area (Å²) >= 11 is 0. The molecule has 0 aliphatic carbocycles. The lowest BCUT2D eigenvalue weighted by Crippen LogP contribution is -2.32. The number of para-hydroxylation sites is 2. The molecule has 3 aromatic rings. The number of aromatic nitrogens is 1. The van der Waals surface area contributed by atoms with E-state index >= 15 is 0 Å². The largest absolute Gasteiger partial charge is 0.573 e. The minimum atomic E-state index is -4.66. The molecule has 0 saturated carbocycles. The number of halogens is 3. The van der Waals surface area contributed by atoms with Gasteiger partial charge in [-0.05, 0) is 55.8 Å². The van der Waals surface area contributed by atoms with E-state index in [4.69, 9.17) is 4.42 Å². The minimum Gasteiger partial charge on any atom is -0.440 e. The Morgan fingerprint density at radius 2 is 1.74 bits per heavy atom. The van der Waals surface area contributed by atoms with Crippen molar-refractivity contribution in [1.82, 2.24) is 9.88 Å². The highest BCUT2D eigenvalue weighted by Gasteiger charge is 2.31. The molecule has 0 spiro atoms. The summed E-state index contributed by atoms with van der Waals surface area (Å²) in [6, 6.07) is 13.8. The van der Waals surface area contributed by atoms with Gasteiger partial charge in [-0.25, -0.2) is 4.98 Å². The number of benzene rings is 2. The highest BCUT2D eigenvalue weighted by molar-refractivity contribution is 5.72. The molecule has 0 unspecified atom stereocenters. The van der Waals surface area contributed by atoms with Crippen molar-refractivity contribution in [3.63, 3.8) is 0 Å². The van der Waals surface area contributed by atoms with Crippen molar-refractivity contribution in [1.29, 1.82) is 0 Å². The fraction of sp³-hybridized carbons (Fsp3) is 0.350. The van der Waals surface area contributed by atoms with Crippen LogP contribution in [0, 0.1) is 0 Å². The molecule has 0 radical (unpaired) electrons. The second kappa shape index (κ2) is 7.23. The molecule has 1 fully saturated rings. The van der Waals surface area contributed by atoms with Crippen LogP contribution in [0.15, 0.2) is 52.9 Å². The molecule has 142 valence electrons. The van der Waals surface area contributed by atoms with Gasteiger partial charge in [0.25, 0.3) is 0 Å². The van der Waals surface area contributed by atoms with Crippen molar-refractivity contribution in [3.05, 3.63) is 60.0 Å². The summed E-state index contributed by atoms with van der Waals surface area (Å²) in [7, 11) is 0. The standard InChI is InChI=1S/C20H19F3N2O2/c21-20(22,23)27-16-7-5-14(6-8-16)13-25-11-9-15(10-12-25)19-24-17-3-1-2-4-18(17)26-19/h1-8,15H,9-13H2. The third-order valence-corrected chi connectivity index (χ3v) is 4.81. The lowest BCUT2D eigenvalue weighted by atomic mass is 9.96. The van der Waals surface area contributed by atoms with Crippen LogP contribution in [-0.2, 0) is 6.54 Å². The van der Waals surface area contributed by atoms with Crippen LogP contribution in [0.3, 0.4) is 0 Å². The minimum absolute atomic E-state index is 0.194. The van der Waals surface area contributed by atoms with Crippen molar-refractivity contribution in [2.45, 2.75) is 31.7 Å². The van der Waals surface area contributed by atoms with Gasteiger partial charge in [0.15, 0.2) is 11.5 Å². The normalized spacial score (nSPS) is 16.7. The van der Waals surface area contributed by atoms with E-state index in [0.717, 1.165) is 48.5 Å². The van der Waals surface area contributed by atoms with Gasteiger partial charge in [-0.1, -0.05) is 24.3 Å². The second-order valence-electron chi connectivity index (χ2n) is 6.76. The number of hydrogen-bond acceptors (Lipinski definition) is 4. The fourth-order valence-electron chi connectivity index (χ4n) is 3.46. The third kappa shape index (κ3) is 4.42. The fourth-order valence-corrected chi connectivity index (χ4v) is 3.46. The Morgan fingerprint density at radius 1 is 1.04 bits per heavy atom. The third-order valence-electron chi connectivity index (χ3n) is 4.81. The van der Waals surface area contributed by atoms with E-state index in [9.17, 15) is 13.2 Å². The van der Waals surface area contributed by atoms with Gasteiger partial charge in [-0.15, -0.1) is 13.2 Å². The molecule has 0 atom stereocenters. The summed E-state index contributed by atoms with van der Waals surface area (Å²) < 4.78 is 46.4. The Bertz CT molecular complexity index is 864. The number of nitrogens with zero attached hydrogens (tertiary/aromatic N) is 2. The van der Waals surface area contributed by atoms with Gasteiger partial charge in [0, 0.05) is 12.5 Å². The Morgan fingerprint density at radius 3 is 2.41 bits per heavy atom. The number of alkyl halides is 3. The zero-order valence-corrected chi connectivity index (χ0v) is 14.6. The molecule has 0 N–H and O–H groups in total. The van der Waals surface area contributed by atoms with Gasteiger partial charge < -0.3 is 9.15 Å². The molecular weight excluding hydrogens is 357 g/mol. The van der Waals surface area contributed by atoms with E-state index in [-0.39, 0.29) is 5.75 Å². The van der Waals surface area contributed by atoms with Gasteiger partial charge in [0.1, 0.15) is 11.3 Å². The highest BCUT2D eigenvalue weighted by Crippen LogP contribution is 2.30. The highest BCUT2D eigenvalue weighted by atomic mass is 19.4. The quantitative estimate of drug-likeness (QED) is 0.635. The van der Waals surface area contributed by atoms with Crippen molar-refractivity contribution < 1.29 is 22.3 Å². The van der Waals surface area contributed by atoms with Crippen LogP contribution in [0.5, 0.6) is 5.75 Å². The van der Waals surface area contributed by atoms with Gasteiger partial charge in [-0.3, -0.25) is 4.90 Å². The van der Waals surface area contributed by atoms with Crippen molar-refractivity contribution in [2.75, 3.05) is 13.1 Å². The maximum absolute atomic E-state index is 12.2. The SMILES string of the molecule is FC(F)(F)Oc1ccc(CN2CCC(c3nc4ccccc4o3)CC2)cc1. The molecule has 0 bridgehead atoms. The number of piperidine rings is 1. The van der Waals surface area contributed by atoms with Crippen LogP contribution in [0.4, 0.5) is 13.2 Å². The maximum Gasteiger partial charge on any atom is 0.573 e. The molecular formula is C20H19F3N2O2. The van der Waals surface area contributed by atoms with Crippen molar-refractivity contribution >= 4 is 11.1 Å². The Labute approximate surface area is 154 Å². The molecule has 2 aromatic carbocycles. The van der Waals surface area contributed by atoms with Crippen LogP contribution < -0.4 is 4.74 Å². The van der Waals surface area contributed by atoms with Crippen LogP contribution in [0.1, 0.15) is 30.2 Å². The van der Waals surface area contributed by atoms with Crippen LogP contribution in [0.25, 0.3) is 11.1 Å². The second-order valence-corrected chi connectivity index (χ2v) is 6.76. The van der Waals surface area contributed by atoms with E-state index in [0.29, 0.717) is 12.5 Å². The Hall–Kier alpha value is -2.54. The number of oxazole rings is 1. The summed E-state index contributed by atoms with van der Waals surface area (Å²) in [5.74, 6) is 0.904. The Kier molecular flexibility index (Phi) is 4.78. The lowest BCUT2D eigenvalue weighted by molar-refractivity contribution is -0.274. The number of fused-ring (bicyclic) bond motifs is 1. The molecule has 7 heteroatoms. The van der Waals surface area contributed by atoms with Gasteiger partial charge >= 0.3 is 6.36 Å². The average molecular weight is 376 g/mol. The first-order valence-corrected chi connectivity index (χ1v) is 8.89. The zero-order valence-electron chi connectivity index (χ0n) is 14.6. The molecule has 27 heavy (non-hydrogen) atoms. The first-order chi connectivity index (χ1) is 13.0. The van der Waals surface area contributed by atoms with E-state index in [2.05, 4.69) is 14.6 Å². The zero-order chi connectivity index (χ0) is 18.9. The summed E-state index contributed by atoms with van der Waals surface area (Å²) in [5, 5.41) is 0. The first-order valence-electron chi connectivity index (χ1n) is 8.89. The van der Waals surface area contributed by atoms with E-state index in [1.54, 1.807) is 12.1 Å². The van der Waals surface area contributed by atoms with Gasteiger partial charge in [0.2, 0.25) is 0 Å². The molecule has 4 nitrogen and oxygen atoms in total. The molecule has 1 aromatic heterocycles. The van der Waals surface area contributed by atoms with Crippen molar-refractivity contribution in [2.24, 2.45) is 0 Å². The topological polar surface area (TPSA) is 38.5 Å². The van der Waals surface area contributed by atoms with E-state index in [1.807, 2.05) is 24.3 Å². The molecule has 1 aliphatic rings. The molecule has 4 rings (SSSR count). The molecule has 1 aliphatic heterocycles. The van der Waals surface area contributed by atoms with Gasteiger partial charge in [0.05, 0.1) is 0 Å². The summed E-state index contributed by atoms with van der Waals surface area (Å²) in [6.07, 6.45) is -2.77. The monoisotopic (exact) mass is 376 g/mol. The van der Waals surface area contributed by atoms with Crippen LogP contribution in [0.2, 0.25) is 0 Å². The number of likely N-dealkylation sites (tertiary alicyclic amines) is 1. The van der Waals surface area contributed by atoms with Gasteiger partial charge in [-0.2, -0.15) is 0 Å².